The molecule has 6 heteroatoms. The summed E-state index contributed by atoms with van der Waals surface area (Å²) in [6.07, 6.45) is 1.53. The number of hydrogen-bond donors (Lipinski definition) is 0. The summed E-state index contributed by atoms with van der Waals surface area (Å²) in [5.41, 5.74) is 0.516. The standard InChI is InChI=1S/C6H5BrN2O2.BrH/c7-4-5-6(9(10)11)2-1-3-8-5;/h1-3H,4H2;1H. The van der Waals surface area contributed by atoms with Gasteiger partial charge in [0, 0.05) is 12.3 Å². The molecule has 66 valence electrons. The lowest BCUT2D eigenvalue weighted by molar-refractivity contribution is -0.385. The van der Waals surface area contributed by atoms with Gasteiger partial charge in [0.15, 0.2) is 0 Å². The minimum Gasteiger partial charge on any atom is -0.258 e. The molecule has 12 heavy (non-hydrogen) atoms. The molecule has 0 saturated carbocycles. The molecule has 0 unspecified atom stereocenters. The molecule has 0 aliphatic carbocycles. The fourth-order valence-electron chi connectivity index (χ4n) is 0.699. The van der Waals surface area contributed by atoms with Gasteiger partial charge in [0.1, 0.15) is 5.69 Å². The van der Waals surface area contributed by atoms with Gasteiger partial charge >= 0.3 is 0 Å². The SMILES string of the molecule is Br.O=[N+]([O-])c1cccnc1CBr. The van der Waals surface area contributed by atoms with Crippen LogP contribution in [0.25, 0.3) is 0 Å². The third-order valence-electron chi connectivity index (χ3n) is 1.19. The normalized spacial score (nSPS) is 8.75. The second-order valence-corrected chi connectivity index (χ2v) is 2.42. The lowest BCUT2D eigenvalue weighted by atomic mass is 10.3. The predicted octanol–water partition coefficient (Wildman–Crippen LogP) is 2.46. The van der Waals surface area contributed by atoms with Gasteiger partial charge in [-0.15, -0.1) is 17.0 Å². The third kappa shape index (κ3) is 2.53. The molecule has 1 heterocycles. The van der Waals surface area contributed by atoms with Gasteiger partial charge < -0.3 is 0 Å². The fourth-order valence-corrected chi connectivity index (χ4v) is 1.13. The van der Waals surface area contributed by atoms with Crippen molar-refractivity contribution in [3.05, 3.63) is 34.1 Å². The molecule has 0 bridgehead atoms. The molecule has 0 aliphatic heterocycles. The van der Waals surface area contributed by atoms with E-state index < -0.39 is 4.92 Å². The van der Waals surface area contributed by atoms with Crippen LogP contribution in [0.4, 0.5) is 5.69 Å². The number of rotatable bonds is 2. The Hall–Kier alpha value is -0.490. The molecular formula is C6H6Br2N2O2. The smallest absolute Gasteiger partial charge is 0.258 e. The van der Waals surface area contributed by atoms with Crippen molar-refractivity contribution in [1.82, 2.24) is 4.98 Å². The average Bonchev–Trinajstić information content (AvgIpc) is 2.04. The molecule has 0 spiro atoms. The highest BCUT2D eigenvalue weighted by molar-refractivity contribution is 9.08. The van der Waals surface area contributed by atoms with Crippen molar-refractivity contribution in [2.45, 2.75) is 5.33 Å². The summed E-state index contributed by atoms with van der Waals surface area (Å²) in [4.78, 5) is 13.7. The van der Waals surface area contributed by atoms with E-state index in [-0.39, 0.29) is 22.7 Å². The van der Waals surface area contributed by atoms with Crippen LogP contribution >= 0.6 is 32.9 Å². The zero-order valence-corrected chi connectivity index (χ0v) is 9.24. The Morgan fingerprint density at radius 1 is 1.67 bits per heavy atom. The Labute approximate surface area is 88.0 Å². The number of halogens is 2. The maximum Gasteiger partial charge on any atom is 0.291 e. The Bertz CT molecular complexity index is 280. The van der Waals surface area contributed by atoms with Crippen LogP contribution in [-0.4, -0.2) is 9.91 Å². The molecular weight excluding hydrogens is 292 g/mol. The van der Waals surface area contributed by atoms with Gasteiger partial charge in [-0.1, -0.05) is 15.9 Å². The van der Waals surface area contributed by atoms with Crippen LogP contribution in [0.1, 0.15) is 5.69 Å². The molecule has 0 atom stereocenters. The van der Waals surface area contributed by atoms with Crippen molar-refractivity contribution < 1.29 is 4.92 Å². The quantitative estimate of drug-likeness (QED) is 0.479. The summed E-state index contributed by atoms with van der Waals surface area (Å²) >= 11 is 3.11. The van der Waals surface area contributed by atoms with E-state index in [0.29, 0.717) is 11.0 Å². The molecule has 1 rings (SSSR count). The zero-order chi connectivity index (χ0) is 8.27. The summed E-state index contributed by atoms with van der Waals surface area (Å²) in [6.45, 7) is 0. The summed E-state index contributed by atoms with van der Waals surface area (Å²) in [7, 11) is 0. The molecule has 0 N–H and O–H groups in total. The van der Waals surface area contributed by atoms with Crippen molar-refractivity contribution in [1.29, 1.82) is 0 Å². The van der Waals surface area contributed by atoms with E-state index in [4.69, 9.17) is 0 Å². The minimum absolute atomic E-state index is 0. The van der Waals surface area contributed by atoms with Crippen molar-refractivity contribution >= 4 is 38.6 Å². The highest BCUT2D eigenvalue weighted by Crippen LogP contribution is 2.16. The molecule has 0 saturated heterocycles. The highest BCUT2D eigenvalue weighted by atomic mass is 79.9. The van der Waals surface area contributed by atoms with Crippen molar-refractivity contribution in [2.75, 3.05) is 0 Å². The Morgan fingerprint density at radius 3 is 2.75 bits per heavy atom. The largest absolute Gasteiger partial charge is 0.291 e. The first-order chi connectivity index (χ1) is 5.25. The van der Waals surface area contributed by atoms with Crippen LogP contribution in [-0.2, 0) is 5.33 Å². The van der Waals surface area contributed by atoms with Crippen LogP contribution in [0.5, 0.6) is 0 Å². The van der Waals surface area contributed by atoms with E-state index in [1.54, 1.807) is 6.07 Å². The summed E-state index contributed by atoms with van der Waals surface area (Å²) < 4.78 is 0. The minimum atomic E-state index is -0.441. The van der Waals surface area contributed by atoms with E-state index in [2.05, 4.69) is 20.9 Å². The molecule has 1 aromatic rings. The van der Waals surface area contributed by atoms with Gasteiger partial charge in [0.2, 0.25) is 0 Å². The Morgan fingerprint density at radius 2 is 2.33 bits per heavy atom. The van der Waals surface area contributed by atoms with Crippen LogP contribution in [0.3, 0.4) is 0 Å². The van der Waals surface area contributed by atoms with E-state index in [1.165, 1.54) is 12.3 Å². The highest BCUT2D eigenvalue weighted by Gasteiger charge is 2.11. The van der Waals surface area contributed by atoms with Gasteiger partial charge in [0.25, 0.3) is 5.69 Å². The van der Waals surface area contributed by atoms with Gasteiger partial charge in [-0.3, -0.25) is 15.1 Å². The lowest BCUT2D eigenvalue weighted by Crippen LogP contribution is -1.94. The van der Waals surface area contributed by atoms with Crippen LogP contribution in [0.2, 0.25) is 0 Å². The molecule has 0 fully saturated rings. The van der Waals surface area contributed by atoms with Crippen LogP contribution < -0.4 is 0 Å². The number of aromatic nitrogens is 1. The van der Waals surface area contributed by atoms with Crippen LogP contribution in [0.15, 0.2) is 18.3 Å². The second-order valence-electron chi connectivity index (χ2n) is 1.86. The maximum absolute atomic E-state index is 10.3. The van der Waals surface area contributed by atoms with Crippen molar-refractivity contribution in [2.24, 2.45) is 0 Å². The summed E-state index contributed by atoms with van der Waals surface area (Å²) in [6, 6.07) is 2.98. The van der Waals surface area contributed by atoms with E-state index in [0.717, 1.165) is 0 Å². The molecule has 0 radical (unpaired) electrons. The first-order valence-corrected chi connectivity index (χ1v) is 4.02. The second kappa shape index (κ2) is 5.21. The van der Waals surface area contributed by atoms with Gasteiger partial charge in [-0.05, 0) is 6.07 Å². The molecule has 0 amide bonds. The van der Waals surface area contributed by atoms with E-state index >= 15 is 0 Å². The molecule has 0 aliphatic rings. The first-order valence-electron chi connectivity index (χ1n) is 2.90. The summed E-state index contributed by atoms with van der Waals surface area (Å²) in [5.74, 6) is 0. The van der Waals surface area contributed by atoms with Gasteiger partial charge in [0.05, 0.1) is 10.3 Å². The fraction of sp³-hybridized carbons (Fsp3) is 0.167. The molecule has 4 nitrogen and oxygen atoms in total. The van der Waals surface area contributed by atoms with Crippen LogP contribution in [0, 0.1) is 10.1 Å². The average molecular weight is 298 g/mol. The first kappa shape index (κ1) is 11.5. The Balaban J connectivity index is 0.00000121. The van der Waals surface area contributed by atoms with Crippen molar-refractivity contribution in [3.63, 3.8) is 0 Å². The Kier molecular flexibility index (Phi) is 5.00. The molecule has 0 aromatic carbocycles. The molecule has 1 aromatic heterocycles. The lowest BCUT2D eigenvalue weighted by Gasteiger charge is -1.94. The predicted molar refractivity (Wildman–Crippen MR) is 53.8 cm³/mol. The number of alkyl halides is 1. The van der Waals surface area contributed by atoms with E-state index in [9.17, 15) is 10.1 Å². The van der Waals surface area contributed by atoms with Gasteiger partial charge in [-0.2, -0.15) is 0 Å². The summed E-state index contributed by atoms with van der Waals surface area (Å²) in [5, 5.41) is 10.7. The monoisotopic (exact) mass is 296 g/mol. The maximum atomic E-state index is 10.3. The number of hydrogen-bond acceptors (Lipinski definition) is 3. The van der Waals surface area contributed by atoms with Gasteiger partial charge in [-0.25, -0.2) is 0 Å². The number of pyridine rings is 1. The number of nitro groups is 1. The third-order valence-corrected chi connectivity index (χ3v) is 1.72. The van der Waals surface area contributed by atoms with Crippen molar-refractivity contribution in [3.8, 4) is 0 Å². The van der Waals surface area contributed by atoms with E-state index in [1.807, 2.05) is 0 Å². The topological polar surface area (TPSA) is 56.0 Å². The zero-order valence-electron chi connectivity index (χ0n) is 5.94. The number of nitrogens with zero attached hydrogens (tertiary/aromatic N) is 2.